The van der Waals surface area contributed by atoms with E-state index in [-0.39, 0.29) is 5.92 Å². The molecule has 158 valence electrons. The van der Waals surface area contributed by atoms with E-state index in [2.05, 4.69) is 32.1 Å². The molecule has 7 heteroatoms. The van der Waals surface area contributed by atoms with E-state index in [4.69, 9.17) is 5.73 Å². The lowest BCUT2D eigenvalue weighted by Gasteiger charge is -2.61. The molecular weight excluding hydrogens is 376 g/mol. The van der Waals surface area contributed by atoms with Crippen molar-refractivity contribution in [2.75, 3.05) is 38.5 Å². The van der Waals surface area contributed by atoms with Crippen molar-refractivity contribution in [3.05, 3.63) is 36.7 Å². The van der Waals surface area contributed by atoms with E-state index in [1.807, 2.05) is 24.3 Å². The zero-order chi connectivity index (χ0) is 20.7. The van der Waals surface area contributed by atoms with Crippen LogP contribution in [0.2, 0.25) is 0 Å². The fourth-order valence-electron chi connectivity index (χ4n) is 5.72. The Labute approximate surface area is 177 Å². The molecule has 1 saturated carbocycles. The number of pyridine rings is 1. The number of aromatic nitrogens is 1. The molecule has 3 N–H and O–H groups in total. The minimum Gasteiger partial charge on any atom is -0.387 e. The standard InChI is InChI=1S/C23H30N6O/c1-28-14-23(15-28)10-18(11-23)29-9-3-5-17(13-29)21(24)27-22(30)26-20-6-2-4-16-12-25-8-7-19(16)20/h2,4,6-8,12,17-18H,3,5,9-11,13-15H2,1H3,(H3,24,26,27,30). The number of carbonyl (C=O) groups is 1. The highest BCUT2D eigenvalue weighted by molar-refractivity contribution is 6.05. The van der Waals surface area contributed by atoms with Crippen LogP contribution < -0.4 is 11.1 Å². The van der Waals surface area contributed by atoms with E-state index >= 15 is 0 Å². The highest BCUT2D eigenvalue weighted by atomic mass is 16.2. The first-order chi connectivity index (χ1) is 14.5. The third-order valence-corrected chi connectivity index (χ3v) is 7.09. The van der Waals surface area contributed by atoms with Gasteiger partial charge in [-0.25, -0.2) is 4.79 Å². The summed E-state index contributed by atoms with van der Waals surface area (Å²) in [6, 6.07) is 7.90. The zero-order valence-electron chi connectivity index (χ0n) is 17.6. The summed E-state index contributed by atoms with van der Waals surface area (Å²) in [5, 5.41) is 4.81. The number of hydrogen-bond donors (Lipinski definition) is 2. The van der Waals surface area contributed by atoms with E-state index in [9.17, 15) is 4.79 Å². The van der Waals surface area contributed by atoms with Gasteiger partial charge in [-0.2, -0.15) is 4.99 Å². The third kappa shape index (κ3) is 3.68. The Bertz CT molecular complexity index is 969. The molecule has 1 aromatic carbocycles. The van der Waals surface area contributed by atoms with Crippen LogP contribution in [0.5, 0.6) is 0 Å². The van der Waals surface area contributed by atoms with Crippen LogP contribution in [0.3, 0.4) is 0 Å². The second-order valence-corrected chi connectivity index (χ2v) is 9.44. The largest absolute Gasteiger partial charge is 0.387 e. The first-order valence-electron chi connectivity index (χ1n) is 10.9. The van der Waals surface area contributed by atoms with Crippen molar-refractivity contribution in [3.8, 4) is 0 Å². The maximum Gasteiger partial charge on any atom is 0.347 e. The summed E-state index contributed by atoms with van der Waals surface area (Å²) in [5.41, 5.74) is 7.60. The Balaban J connectivity index is 1.20. The number of nitrogens with one attached hydrogen (secondary N) is 1. The van der Waals surface area contributed by atoms with Crippen molar-refractivity contribution in [2.45, 2.75) is 31.7 Å². The van der Waals surface area contributed by atoms with E-state index < -0.39 is 6.03 Å². The molecule has 3 aliphatic rings. The summed E-state index contributed by atoms with van der Waals surface area (Å²) in [6.45, 7) is 4.54. The number of aliphatic imine (C=N–C) groups is 1. The minimum atomic E-state index is -0.408. The number of urea groups is 1. The van der Waals surface area contributed by atoms with Gasteiger partial charge in [-0.15, -0.1) is 0 Å². The van der Waals surface area contributed by atoms with E-state index in [0.29, 0.717) is 17.3 Å². The van der Waals surface area contributed by atoms with Gasteiger partial charge in [0.2, 0.25) is 0 Å². The van der Waals surface area contributed by atoms with E-state index in [0.717, 1.165) is 42.4 Å². The van der Waals surface area contributed by atoms with Crippen LogP contribution in [0.15, 0.2) is 41.7 Å². The topological polar surface area (TPSA) is 86.8 Å². The van der Waals surface area contributed by atoms with Crippen LogP contribution in [0.25, 0.3) is 10.8 Å². The van der Waals surface area contributed by atoms with Gasteiger partial charge in [-0.3, -0.25) is 9.88 Å². The maximum absolute atomic E-state index is 12.5. The lowest BCUT2D eigenvalue weighted by atomic mass is 9.60. The van der Waals surface area contributed by atoms with E-state index in [1.54, 1.807) is 12.4 Å². The number of rotatable bonds is 3. The van der Waals surface area contributed by atoms with Crippen molar-refractivity contribution in [1.29, 1.82) is 0 Å². The molecule has 1 aliphatic carbocycles. The summed E-state index contributed by atoms with van der Waals surface area (Å²) < 4.78 is 0. The Hall–Kier alpha value is -2.51. The quantitative estimate of drug-likeness (QED) is 0.605. The van der Waals surface area contributed by atoms with Crippen molar-refractivity contribution in [3.63, 3.8) is 0 Å². The molecule has 2 aromatic rings. The van der Waals surface area contributed by atoms with Crippen LogP contribution >= 0.6 is 0 Å². The highest BCUT2D eigenvalue weighted by Crippen LogP contribution is 2.50. The molecule has 1 atom stereocenters. The molecule has 3 fully saturated rings. The second kappa shape index (κ2) is 7.63. The molecule has 1 spiro atoms. The summed E-state index contributed by atoms with van der Waals surface area (Å²) in [6.07, 6.45) is 8.22. The van der Waals surface area contributed by atoms with Gasteiger partial charge in [-0.05, 0) is 56.8 Å². The van der Waals surface area contributed by atoms with Crippen LogP contribution in [-0.4, -0.2) is 65.9 Å². The van der Waals surface area contributed by atoms with Crippen LogP contribution in [-0.2, 0) is 0 Å². The van der Waals surface area contributed by atoms with Crippen LogP contribution in [0.4, 0.5) is 10.5 Å². The molecule has 5 rings (SSSR count). The van der Waals surface area contributed by atoms with Crippen LogP contribution in [0, 0.1) is 11.3 Å². The Morgan fingerprint density at radius 1 is 1.30 bits per heavy atom. The van der Waals surface area contributed by atoms with Gasteiger partial charge in [0.1, 0.15) is 5.84 Å². The smallest absolute Gasteiger partial charge is 0.347 e. The average molecular weight is 407 g/mol. The number of nitrogens with two attached hydrogens (primary N) is 1. The molecule has 2 amide bonds. The summed E-state index contributed by atoms with van der Waals surface area (Å²) >= 11 is 0. The van der Waals surface area contributed by atoms with Gasteiger partial charge < -0.3 is 16.0 Å². The van der Waals surface area contributed by atoms with E-state index in [1.165, 1.54) is 25.9 Å². The number of anilines is 1. The third-order valence-electron chi connectivity index (χ3n) is 7.09. The molecule has 0 radical (unpaired) electrons. The molecule has 2 saturated heterocycles. The number of nitrogens with zero attached hydrogens (tertiary/aromatic N) is 4. The van der Waals surface area contributed by atoms with Gasteiger partial charge in [-0.1, -0.05) is 12.1 Å². The summed E-state index contributed by atoms with van der Waals surface area (Å²) in [5.74, 6) is 0.610. The number of piperidine rings is 1. The molecule has 30 heavy (non-hydrogen) atoms. The number of benzene rings is 1. The Kier molecular flexibility index (Phi) is 4.95. The predicted octanol–water partition coefficient (Wildman–Crippen LogP) is 2.93. The second-order valence-electron chi connectivity index (χ2n) is 9.44. The molecule has 2 aliphatic heterocycles. The van der Waals surface area contributed by atoms with Crippen LogP contribution in [0.1, 0.15) is 25.7 Å². The van der Waals surface area contributed by atoms with Crippen molar-refractivity contribution in [2.24, 2.45) is 22.1 Å². The molecule has 1 unspecified atom stereocenters. The number of hydrogen-bond acceptors (Lipinski definition) is 4. The van der Waals surface area contributed by atoms with Gasteiger partial charge in [0.15, 0.2) is 0 Å². The molecule has 0 bridgehead atoms. The first-order valence-corrected chi connectivity index (χ1v) is 10.9. The Morgan fingerprint density at radius 2 is 2.13 bits per heavy atom. The summed E-state index contributed by atoms with van der Waals surface area (Å²) in [7, 11) is 2.20. The number of carbonyl (C=O) groups excluding carboxylic acids is 1. The fraction of sp³-hybridized carbons (Fsp3) is 0.522. The zero-order valence-corrected chi connectivity index (χ0v) is 17.6. The average Bonchev–Trinajstić information content (AvgIpc) is 2.70. The van der Waals surface area contributed by atoms with Gasteiger partial charge in [0.05, 0.1) is 5.69 Å². The monoisotopic (exact) mass is 406 g/mol. The number of likely N-dealkylation sites (tertiary alicyclic amines) is 2. The normalized spacial score (nSPS) is 25.1. The lowest BCUT2D eigenvalue weighted by Crippen LogP contribution is -2.66. The minimum absolute atomic E-state index is 0.154. The van der Waals surface area contributed by atoms with Gasteiger partial charge >= 0.3 is 6.03 Å². The Morgan fingerprint density at radius 3 is 2.93 bits per heavy atom. The van der Waals surface area contributed by atoms with Crippen molar-refractivity contribution >= 4 is 28.3 Å². The molecular formula is C23H30N6O. The lowest BCUT2D eigenvalue weighted by molar-refractivity contribution is -0.103. The van der Waals surface area contributed by atoms with Crippen molar-refractivity contribution in [1.82, 2.24) is 14.8 Å². The molecule has 1 aromatic heterocycles. The first kappa shape index (κ1) is 19.5. The fourth-order valence-corrected chi connectivity index (χ4v) is 5.72. The predicted molar refractivity (Wildman–Crippen MR) is 120 cm³/mol. The van der Waals surface area contributed by atoms with Crippen molar-refractivity contribution < 1.29 is 4.79 Å². The van der Waals surface area contributed by atoms with Gasteiger partial charge in [0, 0.05) is 54.8 Å². The highest BCUT2D eigenvalue weighted by Gasteiger charge is 2.52. The SMILES string of the molecule is CN1CC2(CC(N3CCCC(/C(N)=N/C(=O)Nc4cccc5cnccc45)C3)C2)C1. The molecule has 7 nitrogen and oxygen atoms in total. The molecule has 3 heterocycles. The van der Waals surface area contributed by atoms with Gasteiger partial charge in [0.25, 0.3) is 0 Å². The number of amides is 2. The summed E-state index contributed by atoms with van der Waals surface area (Å²) in [4.78, 5) is 25.9. The number of amidine groups is 1. The number of fused-ring (bicyclic) bond motifs is 1. The maximum atomic E-state index is 12.5.